The fraction of sp³-hybridized carbons (Fsp3) is 0.625. The molecule has 0 bridgehead atoms. The van der Waals surface area contributed by atoms with Crippen LogP contribution in [0.2, 0.25) is 0 Å². The predicted molar refractivity (Wildman–Crippen MR) is 75.6 cm³/mol. The zero-order valence-electron chi connectivity index (χ0n) is 11.7. The number of rotatable bonds is 4. The highest BCUT2D eigenvalue weighted by atomic mass is 16.6. The number of para-hydroxylation sites is 1. The summed E-state index contributed by atoms with van der Waals surface area (Å²) in [6, 6.07) is 6.15. The Morgan fingerprint density at radius 2 is 2.11 bits per heavy atom. The Balaban J connectivity index is 1.58. The maximum atomic E-state index is 5.73. The first-order chi connectivity index (χ1) is 9.34. The Morgan fingerprint density at radius 1 is 1.21 bits per heavy atom. The van der Waals surface area contributed by atoms with Crippen molar-refractivity contribution in [3.63, 3.8) is 0 Å². The van der Waals surface area contributed by atoms with E-state index >= 15 is 0 Å². The minimum atomic E-state index is 0.656. The molecule has 3 rings (SSSR count). The second kappa shape index (κ2) is 5.83. The van der Waals surface area contributed by atoms with Gasteiger partial charge in [0.05, 0.1) is 0 Å². The average molecular weight is 261 g/mol. The summed E-state index contributed by atoms with van der Waals surface area (Å²) in [5, 5.41) is 3.59. The standard InChI is InChI=1S/C16H23NO2/c1-12-4-2-5-13(12)10-17-11-14-6-3-7-15-16(14)19-9-8-18-15/h3,6-7,12-13,17H,2,4-5,8-11H2,1H3. The SMILES string of the molecule is CC1CCCC1CNCc1cccc2c1OCCO2. The van der Waals surface area contributed by atoms with Crippen LogP contribution in [0.5, 0.6) is 11.5 Å². The van der Waals surface area contributed by atoms with E-state index in [2.05, 4.69) is 18.3 Å². The van der Waals surface area contributed by atoms with Crippen molar-refractivity contribution in [3.05, 3.63) is 23.8 Å². The van der Waals surface area contributed by atoms with E-state index in [1.807, 2.05) is 12.1 Å². The van der Waals surface area contributed by atoms with Crippen molar-refractivity contribution in [2.24, 2.45) is 11.8 Å². The van der Waals surface area contributed by atoms with E-state index in [4.69, 9.17) is 9.47 Å². The lowest BCUT2D eigenvalue weighted by molar-refractivity contribution is 0.169. The molecule has 0 spiro atoms. The summed E-state index contributed by atoms with van der Waals surface area (Å²) in [6.07, 6.45) is 4.16. The topological polar surface area (TPSA) is 30.5 Å². The Labute approximate surface area is 115 Å². The molecule has 1 aliphatic carbocycles. The smallest absolute Gasteiger partial charge is 0.165 e. The van der Waals surface area contributed by atoms with Crippen LogP contribution in [0.3, 0.4) is 0 Å². The molecule has 0 aromatic heterocycles. The minimum absolute atomic E-state index is 0.656. The van der Waals surface area contributed by atoms with Crippen molar-refractivity contribution in [2.45, 2.75) is 32.7 Å². The monoisotopic (exact) mass is 261 g/mol. The first-order valence-corrected chi connectivity index (χ1v) is 7.43. The molecular formula is C16H23NO2. The molecule has 0 saturated heterocycles. The van der Waals surface area contributed by atoms with Crippen molar-refractivity contribution in [2.75, 3.05) is 19.8 Å². The van der Waals surface area contributed by atoms with Gasteiger partial charge in [0.2, 0.25) is 0 Å². The van der Waals surface area contributed by atoms with E-state index in [0.717, 1.165) is 36.4 Å². The number of hydrogen-bond acceptors (Lipinski definition) is 3. The van der Waals surface area contributed by atoms with Gasteiger partial charge in [-0.05, 0) is 30.9 Å². The summed E-state index contributed by atoms with van der Waals surface area (Å²) in [5.41, 5.74) is 1.21. The van der Waals surface area contributed by atoms with Crippen LogP contribution in [-0.2, 0) is 6.54 Å². The zero-order chi connectivity index (χ0) is 13.1. The molecule has 0 radical (unpaired) electrons. The predicted octanol–water partition coefficient (Wildman–Crippen LogP) is 2.98. The molecule has 1 saturated carbocycles. The minimum Gasteiger partial charge on any atom is -0.486 e. The quantitative estimate of drug-likeness (QED) is 0.904. The van der Waals surface area contributed by atoms with Gasteiger partial charge >= 0.3 is 0 Å². The van der Waals surface area contributed by atoms with Gasteiger partial charge < -0.3 is 14.8 Å². The molecule has 2 atom stereocenters. The largest absolute Gasteiger partial charge is 0.486 e. The van der Waals surface area contributed by atoms with Gasteiger partial charge in [0.15, 0.2) is 11.5 Å². The van der Waals surface area contributed by atoms with Crippen molar-refractivity contribution in [3.8, 4) is 11.5 Å². The maximum absolute atomic E-state index is 5.73. The number of fused-ring (bicyclic) bond motifs is 1. The van der Waals surface area contributed by atoms with Crippen molar-refractivity contribution in [1.29, 1.82) is 0 Å². The summed E-state index contributed by atoms with van der Waals surface area (Å²) in [6.45, 7) is 5.68. The van der Waals surface area contributed by atoms with Crippen LogP contribution in [0.4, 0.5) is 0 Å². The van der Waals surface area contributed by atoms with E-state index in [1.54, 1.807) is 0 Å². The first-order valence-electron chi connectivity index (χ1n) is 7.43. The molecule has 1 fully saturated rings. The van der Waals surface area contributed by atoms with Crippen LogP contribution in [0, 0.1) is 11.8 Å². The molecule has 2 aliphatic rings. The van der Waals surface area contributed by atoms with Crippen molar-refractivity contribution in [1.82, 2.24) is 5.32 Å². The van der Waals surface area contributed by atoms with E-state index in [9.17, 15) is 0 Å². The third-order valence-corrected chi connectivity index (χ3v) is 4.41. The highest BCUT2D eigenvalue weighted by molar-refractivity contribution is 5.47. The summed E-state index contributed by atoms with van der Waals surface area (Å²) in [7, 11) is 0. The number of nitrogens with one attached hydrogen (secondary N) is 1. The molecule has 1 aromatic rings. The van der Waals surface area contributed by atoms with Crippen molar-refractivity contribution < 1.29 is 9.47 Å². The molecule has 1 aliphatic heterocycles. The van der Waals surface area contributed by atoms with Crippen molar-refractivity contribution >= 4 is 0 Å². The van der Waals surface area contributed by atoms with E-state index < -0.39 is 0 Å². The zero-order valence-corrected chi connectivity index (χ0v) is 11.7. The number of benzene rings is 1. The summed E-state index contributed by atoms with van der Waals surface area (Å²) < 4.78 is 11.3. The van der Waals surface area contributed by atoms with Crippen LogP contribution >= 0.6 is 0 Å². The van der Waals surface area contributed by atoms with Gasteiger partial charge in [0, 0.05) is 12.1 Å². The first kappa shape index (κ1) is 12.8. The van der Waals surface area contributed by atoms with Crippen LogP contribution in [0.25, 0.3) is 0 Å². The molecule has 1 aromatic carbocycles. The number of hydrogen-bond donors (Lipinski definition) is 1. The molecule has 3 nitrogen and oxygen atoms in total. The van der Waals surface area contributed by atoms with E-state index in [1.165, 1.54) is 24.8 Å². The molecule has 1 heterocycles. The lowest BCUT2D eigenvalue weighted by atomic mass is 9.98. The normalized spacial score (nSPS) is 25.5. The summed E-state index contributed by atoms with van der Waals surface area (Å²) in [4.78, 5) is 0. The van der Waals surface area contributed by atoms with Crippen LogP contribution in [-0.4, -0.2) is 19.8 Å². The fourth-order valence-corrected chi connectivity index (χ4v) is 3.19. The average Bonchev–Trinajstić information content (AvgIpc) is 2.85. The molecule has 1 N–H and O–H groups in total. The Kier molecular flexibility index (Phi) is 3.92. The third-order valence-electron chi connectivity index (χ3n) is 4.41. The summed E-state index contributed by atoms with van der Waals surface area (Å²) >= 11 is 0. The molecule has 19 heavy (non-hydrogen) atoms. The molecule has 0 amide bonds. The Morgan fingerprint density at radius 3 is 2.95 bits per heavy atom. The Hall–Kier alpha value is -1.22. The van der Waals surface area contributed by atoms with Crippen LogP contribution in [0.15, 0.2) is 18.2 Å². The maximum Gasteiger partial charge on any atom is 0.165 e. The van der Waals surface area contributed by atoms with E-state index in [0.29, 0.717) is 13.2 Å². The van der Waals surface area contributed by atoms with Crippen LogP contribution < -0.4 is 14.8 Å². The van der Waals surface area contributed by atoms with Gasteiger partial charge in [-0.1, -0.05) is 31.9 Å². The van der Waals surface area contributed by atoms with Gasteiger partial charge in [-0.2, -0.15) is 0 Å². The third kappa shape index (κ3) is 2.86. The molecule has 3 heteroatoms. The van der Waals surface area contributed by atoms with Gasteiger partial charge in [-0.15, -0.1) is 0 Å². The number of ether oxygens (including phenoxy) is 2. The van der Waals surface area contributed by atoms with Gasteiger partial charge in [-0.25, -0.2) is 0 Å². The van der Waals surface area contributed by atoms with E-state index in [-0.39, 0.29) is 0 Å². The highest BCUT2D eigenvalue weighted by Gasteiger charge is 2.23. The second-order valence-corrected chi connectivity index (χ2v) is 5.74. The highest BCUT2D eigenvalue weighted by Crippen LogP contribution is 2.34. The van der Waals surface area contributed by atoms with Crippen LogP contribution in [0.1, 0.15) is 31.7 Å². The molecular weight excluding hydrogens is 238 g/mol. The lowest BCUT2D eigenvalue weighted by Gasteiger charge is -2.22. The Bertz CT molecular complexity index is 433. The molecule has 2 unspecified atom stereocenters. The lowest BCUT2D eigenvalue weighted by Crippen LogP contribution is -2.25. The fourth-order valence-electron chi connectivity index (χ4n) is 3.19. The van der Waals surface area contributed by atoms with Gasteiger partial charge in [0.25, 0.3) is 0 Å². The van der Waals surface area contributed by atoms with Gasteiger partial charge in [-0.3, -0.25) is 0 Å². The molecule has 104 valence electrons. The summed E-state index contributed by atoms with van der Waals surface area (Å²) in [5.74, 6) is 3.54. The van der Waals surface area contributed by atoms with Gasteiger partial charge in [0.1, 0.15) is 13.2 Å². The second-order valence-electron chi connectivity index (χ2n) is 5.74.